The number of para-hydroxylation sites is 1. The van der Waals surface area contributed by atoms with Crippen molar-refractivity contribution < 1.29 is 14.6 Å². The van der Waals surface area contributed by atoms with Gasteiger partial charge in [-0.15, -0.1) is 6.58 Å². The van der Waals surface area contributed by atoms with Crippen molar-refractivity contribution in [3.05, 3.63) is 102 Å². The number of nitrogens with zero attached hydrogens (tertiary/aromatic N) is 2. The number of allylic oxidation sites excluding steroid dienone is 4. The van der Waals surface area contributed by atoms with Crippen LogP contribution in [0.1, 0.15) is 29.3 Å². The molecule has 31 heavy (non-hydrogen) atoms. The third kappa shape index (κ3) is 5.25. The number of rotatable bonds is 10. The molecule has 0 aromatic heterocycles. The largest absolute Gasteiger partial charge is 0.488 e. The second kappa shape index (κ2) is 10.6. The maximum atomic E-state index is 13.3. The number of hydrogen-bond acceptors (Lipinski definition) is 5. The van der Waals surface area contributed by atoms with E-state index in [0.29, 0.717) is 17.9 Å². The molecule has 0 aliphatic carbocycles. The topological polar surface area (TPSA) is 53.0 Å². The molecule has 1 heterocycles. The molecule has 0 spiro atoms. The normalized spacial score (nSPS) is 16.3. The van der Waals surface area contributed by atoms with Gasteiger partial charge >= 0.3 is 0 Å². The summed E-state index contributed by atoms with van der Waals surface area (Å²) >= 11 is 0. The summed E-state index contributed by atoms with van der Waals surface area (Å²) in [6.45, 7) is 6.21. The summed E-state index contributed by atoms with van der Waals surface area (Å²) in [5, 5.41) is 9.98. The van der Waals surface area contributed by atoms with E-state index in [1.807, 2.05) is 90.5 Å². The van der Waals surface area contributed by atoms with E-state index in [9.17, 15) is 9.90 Å². The van der Waals surface area contributed by atoms with Crippen molar-refractivity contribution in [1.29, 1.82) is 0 Å². The van der Waals surface area contributed by atoms with E-state index >= 15 is 0 Å². The highest BCUT2D eigenvalue weighted by atomic mass is 16.5. The van der Waals surface area contributed by atoms with Gasteiger partial charge in [-0.1, -0.05) is 54.6 Å². The molecule has 2 aromatic carbocycles. The van der Waals surface area contributed by atoms with Crippen molar-refractivity contribution in [1.82, 2.24) is 9.80 Å². The molecule has 2 aromatic rings. The highest BCUT2D eigenvalue weighted by molar-refractivity contribution is 6.00. The first-order chi connectivity index (χ1) is 15.1. The molecule has 1 atom stereocenters. The first-order valence-corrected chi connectivity index (χ1v) is 10.4. The van der Waals surface area contributed by atoms with E-state index < -0.39 is 0 Å². The molecule has 1 aliphatic heterocycles. The lowest BCUT2D eigenvalue weighted by molar-refractivity contribution is 0.0731. The minimum absolute atomic E-state index is 0.0557. The summed E-state index contributed by atoms with van der Waals surface area (Å²) in [5.41, 5.74) is 3.52. The summed E-state index contributed by atoms with van der Waals surface area (Å²) in [5.74, 6) is 0.508. The molecule has 0 amide bonds. The number of aliphatic hydroxyl groups is 1. The number of ketones is 1. The molecule has 0 saturated heterocycles. The van der Waals surface area contributed by atoms with Crippen LogP contribution < -0.4 is 4.74 Å². The zero-order valence-electron chi connectivity index (χ0n) is 18.2. The fourth-order valence-corrected chi connectivity index (χ4v) is 3.68. The van der Waals surface area contributed by atoms with Gasteiger partial charge in [0.15, 0.2) is 5.78 Å². The summed E-state index contributed by atoms with van der Waals surface area (Å²) in [7, 11) is 1.93. The van der Waals surface area contributed by atoms with E-state index in [-0.39, 0.29) is 25.1 Å². The molecule has 5 heteroatoms. The molecule has 1 N–H and O–H groups in total. The molecule has 0 bridgehead atoms. The summed E-state index contributed by atoms with van der Waals surface area (Å²) in [6, 6.07) is 17.2. The first-order valence-electron chi connectivity index (χ1n) is 10.4. The Morgan fingerprint density at radius 2 is 1.87 bits per heavy atom. The Morgan fingerprint density at radius 1 is 1.16 bits per heavy atom. The number of likely N-dealkylation sites (N-methyl/N-ethyl adjacent to an activating group) is 1. The lowest BCUT2D eigenvalue weighted by atomic mass is 10.1. The van der Waals surface area contributed by atoms with E-state index in [4.69, 9.17) is 4.74 Å². The van der Waals surface area contributed by atoms with Crippen molar-refractivity contribution >= 4 is 5.78 Å². The number of benzene rings is 2. The minimum atomic E-state index is -0.287. The van der Waals surface area contributed by atoms with E-state index in [1.54, 1.807) is 6.07 Å². The highest BCUT2D eigenvalue weighted by Crippen LogP contribution is 2.30. The van der Waals surface area contributed by atoms with Gasteiger partial charge in [-0.25, -0.2) is 0 Å². The van der Waals surface area contributed by atoms with Crippen molar-refractivity contribution in [2.45, 2.75) is 26.1 Å². The van der Waals surface area contributed by atoms with Crippen molar-refractivity contribution in [3.8, 4) is 5.75 Å². The van der Waals surface area contributed by atoms with Gasteiger partial charge in [0.2, 0.25) is 0 Å². The van der Waals surface area contributed by atoms with E-state index in [2.05, 4.69) is 6.58 Å². The molecule has 1 unspecified atom stereocenters. The van der Waals surface area contributed by atoms with Crippen LogP contribution in [0.4, 0.5) is 0 Å². The fourth-order valence-electron chi connectivity index (χ4n) is 3.68. The first kappa shape index (κ1) is 22.4. The average molecular weight is 419 g/mol. The van der Waals surface area contributed by atoms with Gasteiger partial charge in [-0.05, 0) is 37.1 Å². The molecule has 0 fully saturated rings. The van der Waals surface area contributed by atoms with Crippen LogP contribution in [0.25, 0.3) is 0 Å². The summed E-state index contributed by atoms with van der Waals surface area (Å²) in [6.07, 6.45) is 6.28. The van der Waals surface area contributed by atoms with Crippen LogP contribution in [0.5, 0.6) is 5.75 Å². The van der Waals surface area contributed by atoms with Crippen LogP contribution in [0, 0.1) is 0 Å². The van der Waals surface area contributed by atoms with Crippen LogP contribution in [0.2, 0.25) is 0 Å². The van der Waals surface area contributed by atoms with Gasteiger partial charge in [-0.2, -0.15) is 0 Å². The molecule has 0 saturated carbocycles. The molecule has 1 aliphatic rings. The average Bonchev–Trinajstić information content (AvgIpc) is 3.02. The number of ether oxygens (including phenoxy) is 1. The zero-order chi connectivity index (χ0) is 22.2. The molecular weight excluding hydrogens is 388 g/mol. The Kier molecular flexibility index (Phi) is 7.68. The Morgan fingerprint density at radius 3 is 2.58 bits per heavy atom. The lowest BCUT2D eigenvalue weighted by Gasteiger charge is -2.30. The predicted molar refractivity (Wildman–Crippen MR) is 124 cm³/mol. The summed E-state index contributed by atoms with van der Waals surface area (Å²) < 4.78 is 5.97. The lowest BCUT2D eigenvalue weighted by Crippen LogP contribution is -2.43. The van der Waals surface area contributed by atoms with Gasteiger partial charge in [0.05, 0.1) is 24.4 Å². The number of carbonyl (C=O) groups excluding carboxylic acids is 1. The molecular formula is C26H30N2O3. The van der Waals surface area contributed by atoms with Crippen molar-refractivity contribution in [2.75, 3.05) is 20.2 Å². The predicted octanol–water partition coefficient (Wildman–Crippen LogP) is 4.38. The Hall–Kier alpha value is -3.31. The maximum Gasteiger partial charge on any atom is 0.185 e. The SMILES string of the molecule is C=CCC=CC1=C(C)N(C)C(CO)N1CC(=O)c1ccccc1OCc1ccccc1. The van der Waals surface area contributed by atoms with Crippen LogP contribution in [-0.4, -0.2) is 47.1 Å². The zero-order valence-corrected chi connectivity index (χ0v) is 18.2. The second-order valence-electron chi connectivity index (χ2n) is 7.49. The third-order valence-corrected chi connectivity index (χ3v) is 5.50. The summed E-state index contributed by atoms with van der Waals surface area (Å²) in [4.78, 5) is 17.2. The quantitative estimate of drug-likeness (QED) is 0.458. The minimum Gasteiger partial charge on any atom is -0.488 e. The number of Topliss-reactive ketones (excluding diaryl/α,β-unsaturated/α-hetero) is 1. The Labute approximate surface area is 184 Å². The molecule has 0 radical (unpaired) electrons. The Balaban J connectivity index is 1.80. The van der Waals surface area contributed by atoms with Crippen LogP contribution in [0.3, 0.4) is 0 Å². The van der Waals surface area contributed by atoms with Gasteiger partial charge < -0.3 is 19.6 Å². The molecule has 5 nitrogen and oxygen atoms in total. The fraction of sp³-hybridized carbons (Fsp3) is 0.269. The molecule has 3 rings (SSSR count). The van der Waals surface area contributed by atoms with Crippen LogP contribution in [0.15, 0.2) is 90.8 Å². The molecule has 162 valence electrons. The van der Waals surface area contributed by atoms with E-state index in [0.717, 1.165) is 23.4 Å². The monoisotopic (exact) mass is 418 g/mol. The number of hydrogen-bond donors (Lipinski definition) is 1. The number of aliphatic hydroxyl groups excluding tert-OH is 1. The van der Waals surface area contributed by atoms with Gasteiger partial charge in [-0.3, -0.25) is 4.79 Å². The van der Waals surface area contributed by atoms with Crippen molar-refractivity contribution in [3.63, 3.8) is 0 Å². The maximum absolute atomic E-state index is 13.3. The third-order valence-electron chi connectivity index (χ3n) is 5.50. The highest BCUT2D eigenvalue weighted by Gasteiger charge is 2.34. The van der Waals surface area contributed by atoms with Gasteiger partial charge in [0, 0.05) is 12.7 Å². The Bertz CT molecular complexity index is 966. The second-order valence-corrected chi connectivity index (χ2v) is 7.49. The standard InChI is InChI=1S/C26H30N2O3/c1-4-5-7-15-23-20(2)27(3)26(18-29)28(23)17-24(30)22-14-10-11-16-25(22)31-19-21-12-8-6-9-13-21/h4,6-16,26,29H,1,5,17-19H2,2-3H3. The van der Waals surface area contributed by atoms with Crippen molar-refractivity contribution in [2.24, 2.45) is 0 Å². The smallest absolute Gasteiger partial charge is 0.185 e. The van der Waals surface area contributed by atoms with E-state index in [1.165, 1.54) is 0 Å². The van der Waals surface area contributed by atoms with Crippen LogP contribution in [-0.2, 0) is 6.61 Å². The van der Waals surface area contributed by atoms with Crippen LogP contribution >= 0.6 is 0 Å². The van der Waals surface area contributed by atoms with Gasteiger partial charge in [0.25, 0.3) is 0 Å². The van der Waals surface area contributed by atoms with Gasteiger partial charge in [0.1, 0.15) is 18.5 Å². The number of carbonyl (C=O) groups is 1.